The fraction of sp³-hybridized carbons (Fsp3) is 0.385. The summed E-state index contributed by atoms with van der Waals surface area (Å²) in [5.74, 6) is 0.351. The zero-order chi connectivity index (χ0) is 13.0. The third-order valence-electron chi connectivity index (χ3n) is 2.88. The molecule has 1 heterocycles. The SMILES string of the molecule is O=C(CCCl)NCc1ccc2c(c1)CCC(=O)N2. The lowest BCUT2D eigenvalue weighted by Crippen LogP contribution is -2.23. The minimum atomic E-state index is -0.0453. The fourth-order valence-corrected chi connectivity index (χ4v) is 2.09. The Hall–Kier alpha value is -1.55. The number of alkyl halides is 1. The summed E-state index contributed by atoms with van der Waals surface area (Å²) in [6.45, 7) is 0.497. The minimum absolute atomic E-state index is 0.0453. The molecule has 0 saturated carbocycles. The third-order valence-corrected chi connectivity index (χ3v) is 3.07. The maximum absolute atomic E-state index is 11.3. The lowest BCUT2D eigenvalue weighted by Gasteiger charge is -2.17. The highest BCUT2D eigenvalue weighted by molar-refractivity contribution is 6.18. The Labute approximate surface area is 111 Å². The van der Waals surface area contributed by atoms with Gasteiger partial charge in [-0.05, 0) is 23.6 Å². The van der Waals surface area contributed by atoms with E-state index in [1.54, 1.807) is 0 Å². The highest BCUT2D eigenvalue weighted by atomic mass is 35.5. The molecule has 0 aliphatic carbocycles. The molecule has 0 radical (unpaired) electrons. The molecule has 2 amide bonds. The Morgan fingerprint density at radius 3 is 3.00 bits per heavy atom. The average Bonchev–Trinajstić information content (AvgIpc) is 2.36. The molecule has 1 aliphatic rings. The summed E-state index contributed by atoms with van der Waals surface area (Å²) in [7, 11) is 0. The molecular weight excluding hydrogens is 252 g/mol. The van der Waals surface area contributed by atoms with E-state index < -0.39 is 0 Å². The number of benzene rings is 1. The molecule has 0 saturated heterocycles. The van der Waals surface area contributed by atoms with Gasteiger partial charge in [0.05, 0.1) is 0 Å². The largest absolute Gasteiger partial charge is 0.352 e. The second kappa shape index (κ2) is 5.87. The monoisotopic (exact) mass is 266 g/mol. The highest BCUT2D eigenvalue weighted by Crippen LogP contribution is 2.23. The maximum atomic E-state index is 11.3. The maximum Gasteiger partial charge on any atom is 0.224 e. The number of fused-ring (bicyclic) bond motifs is 1. The van der Waals surface area contributed by atoms with E-state index in [0.29, 0.717) is 25.3 Å². The summed E-state index contributed by atoms with van der Waals surface area (Å²) in [6.07, 6.45) is 1.61. The van der Waals surface area contributed by atoms with Crippen molar-refractivity contribution in [3.05, 3.63) is 29.3 Å². The molecule has 1 aromatic carbocycles. The number of carbonyl (C=O) groups excluding carboxylic acids is 2. The zero-order valence-corrected chi connectivity index (χ0v) is 10.7. The normalized spacial score (nSPS) is 13.7. The van der Waals surface area contributed by atoms with Crippen LogP contribution in [0.2, 0.25) is 0 Å². The predicted molar refractivity (Wildman–Crippen MR) is 70.6 cm³/mol. The van der Waals surface area contributed by atoms with E-state index in [4.69, 9.17) is 11.6 Å². The van der Waals surface area contributed by atoms with Gasteiger partial charge in [0.2, 0.25) is 11.8 Å². The molecule has 4 nitrogen and oxygen atoms in total. The quantitative estimate of drug-likeness (QED) is 0.817. The molecule has 18 heavy (non-hydrogen) atoms. The van der Waals surface area contributed by atoms with Gasteiger partial charge in [0, 0.05) is 31.0 Å². The van der Waals surface area contributed by atoms with Crippen LogP contribution in [0, 0.1) is 0 Å². The number of aryl methyl sites for hydroxylation is 1. The lowest BCUT2D eigenvalue weighted by atomic mass is 10.0. The summed E-state index contributed by atoms with van der Waals surface area (Å²) in [4.78, 5) is 22.5. The van der Waals surface area contributed by atoms with Crippen LogP contribution in [-0.4, -0.2) is 17.7 Å². The smallest absolute Gasteiger partial charge is 0.224 e. The number of amides is 2. The van der Waals surface area contributed by atoms with Crippen molar-refractivity contribution in [2.75, 3.05) is 11.2 Å². The van der Waals surface area contributed by atoms with Crippen molar-refractivity contribution in [2.24, 2.45) is 0 Å². The Bertz CT molecular complexity index is 474. The second-order valence-corrected chi connectivity index (χ2v) is 4.63. The average molecular weight is 267 g/mol. The van der Waals surface area contributed by atoms with Gasteiger partial charge in [0.25, 0.3) is 0 Å². The van der Waals surface area contributed by atoms with Crippen LogP contribution in [0.15, 0.2) is 18.2 Å². The van der Waals surface area contributed by atoms with Crippen molar-refractivity contribution in [2.45, 2.75) is 25.8 Å². The molecule has 2 N–H and O–H groups in total. The van der Waals surface area contributed by atoms with Crippen molar-refractivity contribution < 1.29 is 9.59 Å². The predicted octanol–water partition coefficient (Wildman–Crippen LogP) is 1.82. The standard InChI is InChI=1S/C13H15ClN2O2/c14-6-5-12(17)15-8-9-1-3-11-10(7-9)2-4-13(18)16-11/h1,3,7H,2,4-6,8H2,(H,15,17)(H,16,18). The van der Waals surface area contributed by atoms with Crippen LogP contribution in [0.1, 0.15) is 24.0 Å². The van der Waals surface area contributed by atoms with Crippen LogP contribution in [0.25, 0.3) is 0 Å². The van der Waals surface area contributed by atoms with E-state index >= 15 is 0 Å². The first-order chi connectivity index (χ1) is 8.69. The van der Waals surface area contributed by atoms with Crippen LogP contribution in [0.4, 0.5) is 5.69 Å². The summed E-state index contributed by atoms with van der Waals surface area (Å²) in [5.41, 5.74) is 3.04. The lowest BCUT2D eigenvalue weighted by molar-refractivity contribution is -0.121. The van der Waals surface area contributed by atoms with Gasteiger partial charge in [-0.25, -0.2) is 0 Å². The Kier molecular flexibility index (Phi) is 4.20. The van der Waals surface area contributed by atoms with Gasteiger partial charge in [-0.15, -0.1) is 11.6 Å². The van der Waals surface area contributed by atoms with Gasteiger partial charge in [-0.1, -0.05) is 12.1 Å². The fourth-order valence-electron chi connectivity index (χ4n) is 1.92. The van der Waals surface area contributed by atoms with Gasteiger partial charge in [-0.2, -0.15) is 0 Å². The number of carbonyl (C=O) groups is 2. The van der Waals surface area contributed by atoms with Gasteiger partial charge >= 0.3 is 0 Å². The second-order valence-electron chi connectivity index (χ2n) is 4.26. The van der Waals surface area contributed by atoms with Crippen LogP contribution >= 0.6 is 11.6 Å². The van der Waals surface area contributed by atoms with Gasteiger partial charge in [0.15, 0.2) is 0 Å². The molecular formula is C13H15ClN2O2. The first kappa shape index (κ1) is 12.9. The topological polar surface area (TPSA) is 58.2 Å². The summed E-state index contributed by atoms with van der Waals surface area (Å²) in [5, 5.41) is 5.63. The first-order valence-electron chi connectivity index (χ1n) is 5.93. The van der Waals surface area contributed by atoms with Crippen molar-refractivity contribution in [1.82, 2.24) is 5.32 Å². The number of nitrogens with one attached hydrogen (secondary N) is 2. The number of rotatable bonds is 4. The van der Waals surface area contributed by atoms with Gasteiger partial charge < -0.3 is 10.6 Å². The molecule has 1 aliphatic heterocycles. The van der Waals surface area contributed by atoms with Crippen molar-refractivity contribution in [3.8, 4) is 0 Å². The van der Waals surface area contributed by atoms with Gasteiger partial charge in [-0.3, -0.25) is 9.59 Å². The van der Waals surface area contributed by atoms with E-state index in [-0.39, 0.29) is 11.8 Å². The number of hydrogen-bond donors (Lipinski definition) is 2. The molecule has 96 valence electrons. The van der Waals surface area contributed by atoms with Crippen LogP contribution in [0.5, 0.6) is 0 Å². The molecule has 0 bridgehead atoms. The molecule has 0 atom stereocenters. The Morgan fingerprint density at radius 2 is 2.22 bits per heavy atom. The van der Waals surface area contributed by atoms with Crippen molar-refractivity contribution in [3.63, 3.8) is 0 Å². The van der Waals surface area contributed by atoms with E-state index in [9.17, 15) is 9.59 Å². The highest BCUT2D eigenvalue weighted by Gasteiger charge is 2.14. The van der Waals surface area contributed by atoms with Crippen LogP contribution in [-0.2, 0) is 22.6 Å². The molecule has 2 rings (SSSR count). The number of anilines is 1. The molecule has 5 heteroatoms. The summed E-state index contributed by atoms with van der Waals surface area (Å²) < 4.78 is 0. The molecule has 0 fully saturated rings. The molecule has 0 spiro atoms. The van der Waals surface area contributed by atoms with Crippen molar-refractivity contribution in [1.29, 1.82) is 0 Å². The Morgan fingerprint density at radius 1 is 1.39 bits per heavy atom. The minimum Gasteiger partial charge on any atom is -0.352 e. The van der Waals surface area contributed by atoms with E-state index in [1.807, 2.05) is 18.2 Å². The molecule has 0 unspecified atom stereocenters. The Balaban J connectivity index is 1.99. The molecule has 1 aromatic rings. The van der Waals surface area contributed by atoms with E-state index in [2.05, 4.69) is 10.6 Å². The number of halogens is 1. The van der Waals surface area contributed by atoms with Crippen LogP contribution in [0.3, 0.4) is 0 Å². The van der Waals surface area contributed by atoms with Crippen LogP contribution < -0.4 is 10.6 Å². The van der Waals surface area contributed by atoms with Gasteiger partial charge in [0.1, 0.15) is 0 Å². The number of hydrogen-bond acceptors (Lipinski definition) is 2. The van der Waals surface area contributed by atoms with E-state index in [0.717, 1.165) is 23.2 Å². The van der Waals surface area contributed by atoms with Crippen molar-refractivity contribution >= 4 is 29.1 Å². The van der Waals surface area contributed by atoms with E-state index in [1.165, 1.54) is 0 Å². The zero-order valence-electron chi connectivity index (χ0n) is 9.96. The summed E-state index contributed by atoms with van der Waals surface area (Å²) in [6, 6.07) is 5.82. The summed E-state index contributed by atoms with van der Waals surface area (Å²) >= 11 is 5.49. The molecule has 0 aromatic heterocycles. The first-order valence-corrected chi connectivity index (χ1v) is 6.47. The third kappa shape index (κ3) is 3.23.